The minimum absolute atomic E-state index is 0.0120. The number of thiazole rings is 1. The predicted octanol–water partition coefficient (Wildman–Crippen LogP) is 2.04. The molecule has 0 aliphatic carbocycles. The van der Waals surface area contributed by atoms with Crippen LogP contribution in [0.3, 0.4) is 0 Å². The molecule has 3 rings (SSSR count). The van der Waals surface area contributed by atoms with Gasteiger partial charge in [-0.05, 0) is 39.8 Å². The Labute approximate surface area is 132 Å². The minimum atomic E-state index is -0.172. The molecule has 1 atom stereocenters. The van der Waals surface area contributed by atoms with Crippen LogP contribution in [-0.4, -0.2) is 45.1 Å². The van der Waals surface area contributed by atoms with Crippen molar-refractivity contribution in [2.75, 3.05) is 18.4 Å². The molecule has 3 heterocycles. The second kappa shape index (κ2) is 6.53. The molecule has 0 spiro atoms. The summed E-state index contributed by atoms with van der Waals surface area (Å²) in [5, 5.41) is 9.19. The molecule has 1 aliphatic rings. The molecule has 7 nitrogen and oxygen atoms in total. The Kier molecular flexibility index (Phi) is 4.49. The molecule has 118 valence electrons. The normalized spacial score (nSPS) is 18.3. The molecule has 1 N–H and O–H groups in total. The minimum Gasteiger partial charge on any atom is -0.339 e. The number of aryl methyl sites for hydroxylation is 1. The second-order valence-corrected chi connectivity index (χ2v) is 6.39. The lowest BCUT2D eigenvalue weighted by Crippen LogP contribution is -2.45. The third-order valence-electron chi connectivity index (χ3n) is 4.01. The third-order valence-corrected chi connectivity index (χ3v) is 4.70. The van der Waals surface area contributed by atoms with Crippen molar-refractivity contribution in [2.45, 2.75) is 38.6 Å². The summed E-state index contributed by atoms with van der Waals surface area (Å²) < 4.78 is 5.25. The highest BCUT2D eigenvalue weighted by atomic mass is 32.1. The summed E-state index contributed by atoms with van der Waals surface area (Å²) in [6, 6.07) is -0.172. The summed E-state index contributed by atoms with van der Waals surface area (Å²) in [5.74, 6) is 1.68. The van der Waals surface area contributed by atoms with Gasteiger partial charge >= 0.3 is 0 Å². The number of carbonyl (C=O) groups excluding carboxylic acids is 1. The van der Waals surface area contributed by atoms with E-state index in [9.17, 15) is 4.79 Å². The van der Waals surface area contributed by atoms with Gasteiger partial charge in [-0.15, -0.1) is 11.3 Å². The predicted molar refractivity (Wildman–Crippen MR) is 82.8 cm³/mol. The first-order chi connectivity index (χ1) is 10.6. The van der Waals surface area contributed by atoms with Crippen LogP contribution in [0.4, 0.5) is 5.13 Å². The maximum absolute atomic E-state index is 12.2. The number of piperidine rings is 1. The van der Waals surface area contributed by atoms with Crippen LogP contribution in [0.1, 0.15) is 37.4 Å². The van der Waals surface area contributed by atoms with Gasteiger partial charge in [-0.2, -0.15) is 4.98 Å². The van der Waals surface area contributed by atoms with Gasteiger partial charge in [-0.25, -0.2) is 4.98 Å². The van der Waals surface area contributed by atoms with Crippen molar-refractivity contribution in [2.24, 2.45) is 0 Å². The Balaban J connectivity index is 1.53. The second-order valence-electron chi connectivity index (χ2n) is 5.49. The van der Waals surface area contributed by atoms with Crippen LogP contribution >= 0.6 is 11.3 Å². The van der Waals surface area contributed by atoms with E-state index < -0.39 is 0 Å². The number of nitrogens with one attached hydrogen (secondary N) is 1. The average molecular weight is 321 g/mol. The monoisotopic (exact) mass is 321 g/mol. The van der Waals surface area contributed by atoms with E-state index >= 15 is 0 Å². The first-order valence-corrected chi connectivity index (χ1v) is 8.26. The summed E-state index contributed by atoms with van der Waals surface area (Å²) in [5.41, 5.74) is 0. The number of hydrogen-bond acceptors (Lipinski definition) is 7. The molecule has 1 fully saturated rings. The number of anilines is 1. The number of carbonyl (C=O) groups is 1. The highest BCUT2D eigenvalue weighted by Gasteiger charge is 2.29. The van der Waals surface area contributed by atoms with Crippen molar-refractivity contribution in [3.8, 4) is 0 Å². The molecular formula is C14H19N5O2S. The summed E-state index contributed by atoms with van der Waals surface area (Å²) in [7, 11) is 0. The van der Waals surface area contributed by atoms with E-state index in [-0.39, 0.29) is 11.9 Å². The first kappa shape index (κ1) is 15.1. The number of hydrogen-bond donors (Lipinski definition) is 1. The van der Waals surface area contributed by atoms with E-state index in [1.54, 1.807) is 6.20 Å². The van der Waals surface area contributed by atoms with Crippen molar-refractivity contribution < 1.29 is 9.32 Å². The van der Waals surface area contributed by atoms with Gasteiger partial charge in [0, 0.05) is 17.5 Å². The Hall–Kier alpha value is -1.80. The topological polar surface area (TPSA) is 84.2 Å². The van der Waals surface area contributed by atoms with Gasteiger partial charge in [0.05, 0.1) is 6.04 Å². The summed E-state index contributed by atoms with van der Waals surface area (Å²) >= 11 is 1.43. The Morgan fingerprint density at radius 2 is 2.27 bits per heavy atom. The Morgan fingerprint density at radius 3 is 2.86 bits per heavy atom. The van der Waals surface area contributed by atoms with Gasteiger partial charge < -0.3 is 9.84 Å². The molecule has 1 amide bonds. The molecule has 22 heavy (non-hydrogen) atoms. The van der Waals surface area contributed by atoms with Gasteiger partial charge in [0.15, 0.2) is 11.0 Å². The van der Waals surface area contributed by atoms with Gasteiger partial charge in [0.25, 0.3) is 0 Å². The van der Waals surface area contributed by atoms with E-state index in [4.69, 9.17) is 4.52 Å². The number of nitrogens with zero attached hydrogens (tertiary/aromatic N) is 4. The van der Waals surface area contributed by atoms with Gasteiger partial charge in [-0.1, -0.05) is 5.16 Å². The fourth-order valence-electron chi connectivity index (χ4n) is 2.67. The highest BCUT2D eigenvalue weighted by Crippen LogP contribution is 2.27. The summed E-state index contributed by atoms with van der Waals surface area (Å²) in [6.45, 7) is 5.45. The van der Waals surface area contributed by atoms with E-state index in [1.165, 1.54) is 11.3 Å². The first-order valence-electron chi connectivity index (χ1n) is 7.38. The highest BCUT2D eigenvalue weighted by molar-refractivity contribution is 7.13. The number of aromatic nitrogens is 3. The smallest absolute Gasteiger partial charge is 0.243 e. The number of rotatable bonds is 4. The zero-order valence-corrected chi connectivity index (χ0v) is 13.5. The fourth-order valence-corrected chi connectivity index (χ4v) is 3.21. The van der Waals surface area contributed by atoms with E-state index in [1.807, 2.05) is 19.2 Å². The van der Waals surface area contributed by atoms with Crippen LogP contribution in [-0.2, 0) is 4.79 Å². The quantitative estimate of drug-likeness (QED) is 0.927. The maximum Gasteiger partial charge on any atom is 0.243 e. The van der Waals surface area contributed by atoms with Crippen LogP contribution in [0.5, 0.6) is 0 Å². The average Bonchev–Trinajstić information content (AvgIpc) is 3.18. The molecule has 1 aliphatic heterocycles. The van der Waals surface area contributed by atoms with Gasteiger partial charge in [-0.3, -0.25) is 9.69 Å². The molecule has 0 radical (unpaired) electrons. The van der Waals surface area contributed by atoms with Crippen LogP contribution < -0.4 is 5.32 Å². The van der Waals surface area contributed by atoms with Crippen molar-refractivity contribution in [1.82, 2.24) is 20.0 Å². The third kappa shape index (κ3) is 3.33. The largest absolute Gasteiger partial charge is 0.339 e. The Morgan fingerprint density at radius 1 is 1.50 bits per heavy atom. The zero-order valence-electron chi connectivity index (χ0n) is 12.7. The molecular weight excluding hydrogens is 302 g/mol. The van der Waals surface area contributed by atoms with Crippen molar-refractivity contribution in [1.29, 1.82) is 0 Å². The maximum atomic E-state index is 12.2. The van der Waals surface area contributed by atoms with Crippen molar-refractivity contribution >= 4 is 22.4 Å². The van der Waals surface area contributed by atoms with Crippen LogP contribution in [0.2, 0.25) is 0 Å². The number of amides is 1. The molecule has 8 heteroatoms. The molecule has 2 aromatic heterocycles. The van der Waals surface area contributed by atoms with E-state index in [0.29, 0.717) is 16.9 Å². The lowest BCUT2D eigenvalue weighted by Gasteiger charge is -2.33. The summed E-state index contributed by atoms with van der Waals surface area (Å²) in [6.07, 6.45) is 3.54. The van der Waals surface area contributed by atoms with Crippen LogP contribution in [0, 0.1) is 6.92 Å². The number of likely N-dealkylation sites (tertiary alicyclic amines) is 1. The molecule has 1 unspecified atom stereocenters. The Bertz CT molecular complexity index is 619. The molecule has 0 aromatic carbocycles. The lowest BCUT2D eigenvalue weighted by atomic mass is 9.95. The van der Waals surface area contributed by atoms with Gasteiger partial charge in [0.1, 0.15) is 0 Å². The lowest BCUT2D eigenvalue weighted by molar-refractivity contribution is -0.121. The van der Waals surface area contributed by atoms with Crippen molar-refractivity contribution in [3.05, 3.63) is 23.3 Å². The summed E-state index contributed by atoms with van der Waals surface area (Å²) in [4.78, 5) is 22.8. The zero-order chi connectivity index (χ0) is 15.5. The standard InChI is InChI=1S/C14H19N5O2S/c1-9(12(20)17-14-15-5-8-22-14)19-6-3-11(4-7-19)13-16-10(2)18-21-13/h5,8-9,11H,3-4,6-7H2,1-2H3,(H,15,17,20). The van der Waals surface area contributed by atoms with Crippen molar-refractivity contribution in [3.63, 3.8) is 0 Å². The SMILES string of the molecule is Cc1noc(C2CCN(C(C)C(=O)Nc3nccs3)CC2)n1. The molecule has 0 bridgehead atoms. The van der Waals surface area contributed by atoms with E-state index in [2.05, 4.69) is 25.3 Å². The van der Waals surface area contributed by atoms with Gasteiger partial charge in [0.2, 0.25) is 11.8 Å². The van der Waals surface area contributed by atoms with E-state index in [0.717, 1.165) is 31.8 Å². The molecule has 1 saturated heterocycles. The fraction of sp³-hybridized carbons (Fsp3) is 0.571. The molecule has 2 aromatic rings. The van der Waals surface area contributed by atoms with Crippen LogP contribution in [0.25, 0.3) is 0 Å². The van der Waals surface area contributed by atoms with Crippen LogP contribution in [0.15, 0.2) is 16.1 Å². The molecule has 0 saturated carbocycles.